The first-order valence-electron chi connectivity index (χ1n) is 20.9. The van der Waals surface area contributed by atoms with E-state index < -0.39 is 63.8 Å². The normalized spacial score (nSPS) is 49.9. The highest BCUT2D eigenvalue weighted by atomic mass is 16.7. The molecule has 9 aliphatic rings. The quantitative estimate of drug-likeness (QED) is 0.280. The Hall–Kier alpha value is -2.73. The Kier molecular flexibility index (Phi) is 7.86. The molecule has 294 valence electrons. The third-order valence-electron chi connectivity index (χ3n) is 16.9. The van der Waals surface area contributed by atoms with Crippen LogP contribution in [-0.2, 0) is 39.8 Å². The zero-order chi connectivity index (χ0) is 37.6. The average molecular weight is 747 g/mol. The van der Waals surface area contributed by atoms with Gasteiger partial charge in [0.1, 0.15) is 30.2 Å². The predicted octanol–water partition coefficient (Wildman–Crippen LogP) is 5.25. The number of rotatable bonds is 7. The zero-order valence-corrected chi connectivity index (χ0v) is 32.5. The SMILES string of the molecule is CC(C)CC[C@]1(C)O[C@H]2CC(=O)OC[C@]23[C@H]2CC[C@@]4(C)[C@H](c5ccoc5CC[C@@H]5CC[C@@H]6[C@H](C=CN7CNC[C@@H]67)C5)OC(=O)[C@H]5O[C@]54[C@]2(C)[C@H](O)C(=O)[C@@H]31. The second kappa shape index (κ2) is 11.9. The van der Waals surface area contributed by atoms with Crippen LogP contribution in [0.15, 0.2) is 29.0 Å². The third-order valence-corrected chi connectivity index (χ3v) is 16.9. The van der Waals surface area contributed by atoms with Crippen molar-refractivity contribution in [1.29, 1.82) is 0 Å². The number of ketones is 1. The molecule has 15 atom stereocenters. The van der Waals surface area contributed by atoms with Gasteiger partial charge in [-0.1, -0.05) is 40.2 Å². The van der Waals surface area contributed by atoms with Crippen LogP contribution < -0.4 is 5.32 Å². The highest BCUT2D eigenvalue weighted by molar-refractivity contribution is 5.92. The molecule has 2 spiro atoms. The van der Waals surface area contributed by atoms with E-state index in [2.05, 4.69) is 43.3 Å². The number of cyclic esters (lactones) is 2. The van der Waals surface area contributed by atoms with Crippen molar-refractivity contribution in [3.8, 4) is 0 Å². The van der Waals surface area contributed by atoms with E-state index in [9.17, 15) is 19.5 Å². The summed E-state index contributed by atoms with van der Waals surface area (Å²) < 4.78 is 32.0. The number of aryl methyl sites for hydroxylation is 1. The summed E-state index contributed by atoms with van der Waals surface area (Å²) in [7, 11) is 0. The van der Waals surface area contributed by atoms with E-state index in [0.29, 0.717) is 49.0 Å². The number of hydrogen-bond acceptors (Lipinski definition) is 11. The molecule has 8 fully saturated rings. The second-order valence-corrected chi connectivity index (χ2v) is 19.8. The Bertz CT molecular complexity index is 1780. The van der Waals surface area contributed by atoms with Crippen molar-refractivity contribution in [2.45, 2.75) is 140 Å². The molecule has 1 aromatic rings. The number of carbonyl (C=O) groups is 3. The number of Topliss-reactive ketones (excluding diaryl/α,β-unsaturated/α-hetero) is 1. The molecule has 54 heavy (non-hydrogen) atoms. The lowest BCUT2D eigenvalue weighted by molar-refractivity contribution is -0.252. The van der Waals surface area contributed by atoms with E-state index in [1.807, 2.05) is 19.9 Å². The fourth-order valence-corrected chi connectivity index (χ4v) is 14.4. The number of carbonyl (C=O) groups excluding carboxylic acids is 3. The molecule has 7 heterocycles. The second-order valence-electron chi connectivity index (χ2n) is 19.8. The molecule has 0 unspecified atom stereocenters. The summed E-state index contributed by atoms with van der Waals surface area (Å²) in [6.07, 6.45) is 11.1. The maximum absolute atomic E-state index is 15.0. The number of fused-ring (bicyclic) bond motifs is 4. The molecule has 3 saturated carbocycles. The number of nitrogens with zero attached hydrogens (tertiary/aromatic N) is 1. The van der Waals surface area contributed by atoms with Gasteiger partial charge in [0.25, 0.3) is 0 Å². The van der Waals surface area contributed by atoms with Crippen LogP contribution in [0.2, 0.25) is 0 Å². The molecule has 2 N–H and O–H groups in total. The number of esters is 2. The maximum atomic E-state index is 15.0. The topological polar surface area (TPSA) is 140 Å². The summed E-state index contributed by atoms with van der Waals surface area (Å²) in [5, 5.41) is 16.1. The maximum Gasteiger partial charge on any atom is 0.339 e. The lowest BCUT2D eigenvalue weighted by Crippen LogP contribution is -2.76. The Labute approximate surface area is 318 Å². The van der Waals surface area contributed by atoms with Crippen molar-refractivity contribution in [3.63, 3.8) is 0 Å². The summed E-state index contributed by atoms with van der Waals surface area (Å²) in [6.45, 7) is 12.5. The van der Waals surface area contributed by atoms with E-state index in [0.717, 1.165) is 43.8 Å². The molecule has 1 aromatic heterocycles. The summed E-state index contributed by atoms with van der Waals surface area (Å²) in [4.78, 5) is 44.3. The number of furan rings is 1. The van der Waals surface area contributed by atoms with E-state index in [1.54, 1.807) is 6.26 Å². The first-order chi connectivity index (χ1) is 25.8. The van der Waals surface area contributed by atoms with Crippen LogP contribution >= 0.6 is 0 Å². The number of ether oxygens (including phenoxy) is 4. The van der Waals surface area contributed by atoms with Crippen molar-refractivity contribution in [2.75, 3.05) is 19.8 Å². The fraction of sp³-hybridized carbons (Fsp3) is 0.791. The first kappa shape index (κ1) is 35.7. The molecule has 11 heteroatoms. The van der Waals surface area contributed by atoms with Gasteiger partial charge in [-0.3, -0.25) is 14.9 Å². The summed E-state index contributed by atoms with van der Waals surface area (Å²) in [6, 6.07) is 2.56. The van der Waals surface area contributed by atoms with Crippen molar-refractivity contribution < 1.29 is 42.9 Å². The Morgan fingerprint density at radius 2 is 1.91 bits per heavy atom. The molecule has 0 amide bonds. The van der Waals surface area contributed by atoms with Crippen LogP contribution in [0, 0.1) is 51.8 Å². The standard InChI is InChI=1S/C43H58N2O9/c1-23(2)10-15-40(4)34-33(47)35(48)41(5)30(42(34)21-51-32(46)19-31(42)53-40)11-14-39(3)36(52-38(49)37-43(39,41)54-37)27-13-17-50-29(27)9-7-24-6-8-26-25(18-24)12-16-45-22-44-20-28(26)45/h12-13,16-17,23-26,28,30-31,34-37,44,48H,6-11,14-15,18-22H2,1-5H3/t24-,25+,26+,28-,30-,31-,34+,35+,36-,37+,39-,40-,41-,42-,43+/m0/s1. The lowest BCUT2D eigenvalue weighted by Gasteiger charge is -2.66. The van der Waals surface area contributed by atoms with Gasteiger partial charge in [0.2, 0.25) is 0 Å². The summed E-state index contributed by atoms with van der Waals surface area (Å²) >= 11 is 0. The molecule has 6 aliphatic heterocycles. The van der Waals surface area contributed by atoms with Crippen molar-refractivity contribution in [2.24, 2.45) is 51.8 Å². The average Bonchev–Trinajstić information content (AvgIpc) is 3.39. The van der Waals surface area contributed by atoms with Crippen LogP contribution in [0.4, 0.5) is 0 Å². The van der Waals surface area contributed by atoms with Gasteiger partial charge in [-0.25, -0.2) is 4.79 Å². The minimum Gasteiger partial charge on any atom is -0.469 e. The van der Waals surface area contributed by atoms with Gasteiger partial charge in [-0.05, 0) is 93.7 Å². The summed E-state index contributed by atoms with van der Waals surface area (Å²) in [5.41, 5.74) is -3.91. The van der Waals surface area contributed by atoms with Gasteiger partial charge >= 0.3 is 11.9 Å². The molecule has 0 aromatic carbocycles. The van der Waals surface area contributed by atoms with Crippen LogP contribution in [0.25, 0.3) is 0 Å². The molecule has 10 rings (SSSR count). The molecule has 0 radical (unpaired) electrons. The number of epoxide rings is 1. The van der Waals surface area contributed by atoms with E-state index in [1.165, 1.54) is 19.3 Å². The smallest absolute Gasteiger partial charge is 0.339 e. The van der Waals surface area contributed by atoms with Crippen LogP contribution in [0.1, 0.15) is 110 Å². The van der Waals surface area contributed by atoms with Gasteiger partial charge in [0.05, 0.1) is 37.0 Å². The minimum atomic E-state index is -1.40. The van der Waals surface area contributed by atoms with Crippen LogP contribution in [0.5, 0.6) is 0 Å². The number of aliphatic hydroxyl groups excluding tert-OH is 1. The highest BCUT2D eigenvalue weighted by Gasteiger charge is 2.91. The van der Waals surface area contributed by atoms with E-state index >= 15 is 0 Å². The lowest BCUT2D eigenvalue weighted by atomic mass is 9.36. The van der Waals surface area contributed by atoms with Crippen molar-refractivity contribution in [1.82, 2.24) is 10.2 Å². The van der Waals surface area contributed by atoms with Crippen LogP contribution in [-0.4, -0.2) is 83.1 Å². The number of nitrogens with one attached hydrogen (secondary N) is 1. The minimum absolute atomic E-state index is 0.0583. The molecular formula is C43H58N2O9. The number of allylic oxidation sites excluding steroid dienone is 1. The predicted molar refractivity (Wildman–Crippen MR) is 194 cm³/mol. The van der Waals surface area contributed by atoms with Gasteiger partial charge < -0.3 is 33.4 Å². The fourth-order valence-electron chi connectivity index (χ4n) is 14.4. The van der Waals surface area contributed by atoms with E-state index in [-0.39, 0.29) is 30.7 Å². The van der Waals surface area contributed by atoms with Gasteiger partial charge in [-0.15, -0.1) is 0 Å². The Morgan fingerprint density at radius 1 is 1.07 bits per heavy atom. The Balaban J connectivity index is 0.957. The third kappa shape index (κ3) is 4.47. The largest absolute Gasteiger partial charge is 0.469 e. The summed E-state index contributed by atoms with van der Waals surface area (Å²) in [5.74, 6) is 1.11. The van der Waals surface area contributed by atoms with Crippen LogP contribution in [0.3, 0.4) is 0 Å². The Morgan fingerprint density at radius 3 is 2.72 bits per heavy atom. The monoisotopic (exact) mass is 746 g/mol. The van der Waals surface area contributed by atoms with Gasteiger partial charge in [0.15, 0.2) is 11.9 Å². The van der Waals surface area contributed by atoms with E-state index in [4.69, 9.17) is 23.4 Å². The first-order valence-corrected chi connectivity index (χ1v) is 20.9. The van der Waals surface area contributed by atoms with Crippen molar-refractivity contribution in [3.05, 3.63) is 35.9 Å². The molecule has 0 bridgehead atoms. The van der Waals surface area contributed by atoms with Gasteiger partial charge in [-0.2, -0.15) is 0 Å². The van der Waals surface area contributed by atoms with Crippen molar-refractivity contribution >= 4 is 17.7 Å². The number of aliphatic hydroxyl groups is 1. The molecule has 5 saturated heterocycles. The highest BCUT2D eigenvalue weighted by Crippen LogP contribution is 2.80. The zero-order valence-electron chi connectivity index (χ0n) is 32.5. The van der Waals surface area contributed by atoms with Gasteiger partial charge in [0, 0.05) is 40.8 Å². The number of hydrogen-bond donors (Lipinski definition) is 2. The molecular weight excluding hydrogens is 688 g/mol. The molecule has 3 aliphatic carbocycles. The molecule has 11 nitrogen and oxygen atoms in total.